The molecule has 4 rings (SSSR count). The SMILES string of the molecule is C#CCn1c(-c2cc3ccccc3n2COC)cc2ccccc21. The van der Waals surface area contributed by atoms with Crippen LogP contribution in [0.1, 0.15) is 0 Å². The summed E-state index contributed by atoms with van der Waals surface area (Å²) < 4.78 is 9.83. The Morgan fingerprint density at radius 1 is 0.875 bits per heavy atom. The van der Waals surface area contributed by atoms with Crippen molar-refractivity contribution in [2.45, 2.75) is 13.3 Å². The Balaban J connectivity index is 2.04. The Morgan fingerprint density at radius 2 is 1.42 bits per heavy atom. The van der Waals surface area contributed by atoms with Crippen molar-refractivity contribution in [1.82, 2.24) is 9.13 Å². The molecule has 0 atom stereocenters. The lowest BCUT2D eigenvalue weighted by atomic mass is 10.2. The van der Waals surface area contributed by atoms with Gasteiger partial charge in [-0.1, -0.05) is 42.3 Å². The Morgan fingerprint density at radius 3 is 2.00 bits per heavy atom. The molecular weight excluding hydrogens is 296 g/mol. The predicted octanol–water partition coefficient (Wildman–Crippen LogP) is 4.50. The molecule has 0 fully saturated rings. The van der Waals surface area contributed by atoms with Crippen molar-refractivity contribution in [3.63, 3.8) is 0 Å². The first kappa shape index (κ1) is 14.6. The topological polar surface area (TPSA) is 19.1 Å². The second-order valence-electron chi connectivity index (χ2n) is 5.81. The highest BCUT2D eigenvalue weighted by Gasteiger charge is 2.16. The van der Waals surface area contributed by atoms with Gasteiger partial charge in [0.2, 0.25) is 0 Å². The van der Waals surface area contributed by atoms with Gasteiger partial charge >= 0.3 is 0 Å². The van der Waals surface area contributed by atoms with Crippen LogP contribution in [-0.2, 0) is 18.0 Å². The third-order valence-corrected chi connectivity index (χ3v) is 4.39. The Labute approximate surface area is 141 Å². The molecule has 24 heavy (non-hydrogen) atoms. The number of methoxy groups -OCH3 is 1. The number of benzene rings is 2. The van der Waals surface area contributed by atoms with E-state index in [1.165, 1.54) is 10.8 Å². The van der Waals surface area contributed by atoms with Crippen molar-refractivity contribution in [2.24, 2.45) is 0 Å². The summed E-state index contributed by atoms with van der Waals surface area (Å²) in [4.78, 5) is 0. The highest BCUT2D eigenvalue weighted by molar-refractivity contribution is 5.91. The molecule has 4 aromatic rings. The standard InChI is InChI=1S/C21H18N2O/c1-3-12-22-18-10-6-4-8-16(18)13-20(22)21-14-17-9-5-7-11-19(17)23(21)15-24-2/h1,4-11,13-14H,12,15H2,2H3. The predicted molar refractivity (Wildman–Crippen MR) is 98.7 cm³/mol. The molecule has 0 spiro atoms. The van der Waals surface area contributed by atoms with Gasteiger partial charge in [-0.15, -0.1) is 6.42 Å². The van der Waals surface area contributed by atoms with Crippen LogP contribution in [0.3, 0.4) is 0 Å². The first-order chi connectivity index (χ1) is 11.8. The fourth-order valence-corrected chi connectivity index (χ4v) is 3.37. The molecule has 3 heteroatoms. The molecule has 0 bridgehead atoms. The van der Waals surface area contributed by atoms with E-state index in [9.17, 15) is 0 Å². The maximum Gasteiger partial charge on any atom is 0.123 e. The van der Waals surface area contributed by atoms with E-state index in [1.54, 1.807) is 7.11 Å². The lowest BCUT2D eigenvalue weighted by Gasteiger charge is -2.12. The average molecular weight is 314 g/mol. The number of aromatic nitrogens is 2. The van der Waals surface area contributed by atoms with Crippen LogP contribution in [0.25, 0.3) is 33.2 Å². The molecule has 118 valence electrons. The minimum atomic E-state index is 0.500. The van der Waals surface area contributed by atoms with E-state index in [2.05, 4.69) is 69.7 Å². The zero-order chi connectivity index (χ0) is 16.5. The fraction of sp³-hybridized carbons (Fsp3) is 0.143. The molecule has 0 unspecified atom stereocenters. The molecular formula is C21H18N2O. The molecule has 0 aliphatic rings. The highest BCUT2D eigenvalue weighted by Crippen LogP contribution is 2.32. The van der Waals surface area contributed by atoms with Crippen molar-refractivity contribution in [2.75, 3.05) is 7.11 Å². The summed E-state index contributed by atoms with van der Waals surface area (Å²) in [7, 11) is 1.72. The van der Waals surface area contributed by atoms with Crippen LogP contribution in [0, 0.1) is 12.3 Å². The van der Waals surface area contributed by atoms with Gasteiger partial charge in [0, 0.05) is 23.4 Å². The van der Waals surface area contributed by atoms with Gasteiger partial charge in [0.25, 0.3) is 0 Å². The molecule has 3 nitrogen and oxygen atoms in total. The smallest absolute Gasteiger partial charge is 0.123 e. The molecule has 0 N–H and O–H groups in total. The van der Waals surface area contributed by atoms with E-state index in [0.29, 0.717) is 13.3 Å². The Hall–Kier alpha value is -2.96. The van der Waals surface area contributed by atoms with Gasteiger partial charge in [-0.05, 0) is 24.3 Å². The molecule has 0 radical (unpaired) electrons. The zero-order valence-corrected chi connectivity index (χ0v) is 13.6. The van der Waals surface area contributed by atoms with Crippen molar-refractivity contribution >= 4 is 21.8 Å². The van der Waals surface area contributed by atoms with Gasteiger partial charge < -0.3 is 13.9 Å². The minimum Gasteiger partial charge on any atom is -0.364 e. The number of rotatable bonds is 4. The molecule has 2 heterocycles. The lowest BCUT2D eigenvalue weighted by Crippen LogP contribution is -2.05. The molecule has 2 aromatic carbocycles. The van der Waals surface area contributed by atoms with Crippen LogP contribution in [0.15, 0.2) is 60.7 Å². The zero-order valence-electron chi connectivity index (χ0n) is 13.6. The quantitative estimate of drug-likeness (QED) is 0.508. The normalized spacial score (nSPS) is 11.2. The van der Waals surface area contributed by atoms with Gasteiger partial charge in [0.05, 0.1) is 23.4 Å². The summed E-state index contributed by atoms with van der Waals surface area (Å²) >= 11 is 0. The summed E-state index contributed by atoms with van der Waals surface area (Å²) in [5.41, 5.74) is 4.54. The van der Waals surface area contributed by atoms with Gasteiger partial charge in [-0.2, -0.15) is 0 Å². The lowest BCUT2D eigenvalue weighted by molar-refractivity contribution is 0.136. The van der Waals surface area contributed by atoms with Crippen LogP contribution in [0.4, 0.5) is 0 Å². The number of para-hydroxylation sites is 2. The first-order valence-electron chi connectivity index (χ1n) is 7.93. The number of hydrogen-bond donors (Lipinski definition) is 0. The van der Waals surface area contributed by atoms with Gasteiger partial charge in [0.15, 0.2) is 0 Å². The van der Waals surface area contributed by atoms with E-state index < -0.39 is 0 Å². The van der Waals surface area contributed by atoms with Crippen LogP contribution in [-0.4, -0.2) is 16.2 Å². The third kappa shape index (κ3) is 2.20. The monoisotopic (exact) mass is 314 g/mol. The van der Waals surface area contributed by atoms with E-state index in [1.807, 2.05) is 6.07 Å². The maximum atomic E-state index is 5.63. The number of fused-ring (bicyclic) bond motifs is 2. The average Bonchev–Trinajstić information content (AvgIpc) is 3.15. The van der Waals surface area contributed by atoms with Crippen molar-refractivity contribution in [3.8, 4) is 23.7 Å². The van der Waals surface area contributed by atoms with Gasteiger partial charge in [-0.3, -0.25) is 0 Å². The second-order valence-corrected chi connectivity index (χ2v) is 5.81. The maximum absolute atomic E-state index is 5.63. The largest absolute Gasteiger partial charge is 0.364 e. The summed E-state index contributed by atoms with van der Waals surface area (Å²) in [5, 5.41) is 2.39. The summed E-state index contributed by atoms with van der Waals surface area (Å²) in [6.07, 6.45) is 5.63. The minimum absolute atomic E-state index is 0.500. The molecule has 0 saturated carbocycles. The number of nitrogens with zero attached hydrogens (tertiary/aromatic N) is 2. The van der Waals surface area contributed by atoms with Crippen LogP contribution in [0.2, 0.25) is 0 Å². The van der Waals surface area contributed by atoms with Gasteiger partial charge in [-0.25, -0.2) is 0 Å². The van der Waals surface area contributed by atoms with Crippen LogP contribution in [0.5, 0.6) is 0 Å². The molecule has 0 aliphatic heterocycles. The van der Waals surface area contributed by atoms with Crippen molar-refractivity contribution < 1.29 is 4.74 Å². The van der Waals surface area contributed by atoms with E-state index in [0.717, 1.165) is 22.4 Å². The number of terminal acetylenes is 1. The fourth-order valence-electron chi connectivity index (χ4n) is 3.37. The van der Waals surface area contributed by atoms with Crippen molar-refractivity contribution in [3.05, 3.63) is 60.7 Å². The number of ether oxygens (including phenoxy) is 1. The Kier molecular flexibility index (Phi) is 3.60. The van der Waals surface area contributed by atoms with E-state index in [4.69, 9.17) is 11.2 Å². The van der Waals surface area contributed by atoms with Crippen LogP contribution < -0.4 is 0 Å². The summed E-state index contributed by atoms with van der Waals surface area (Å²) in [5.74, 6) is 2.78. The highest BCUT2D eigenvalue weighted by atomic mass is 16.5. The van der Waals surface area contributed by atoms with Crippen molar-refractivity contribution in [1.29, 1.82) is 0 Å². The van der Waals surface area contributed by atoms with Crippen LogP contribution >= 0.6 is 0 Å². The van der Waals surface area contributed by atoms with Gasteiger partial charge in [0.1, 0.15) is 6.73 Å². The summed E-state index contributed by atoms with van der Waals surface area (Å²) in [6.45, 7) is 1.04. The third-order valence-electron chi connectivity index (χ3n) is 4.39. The molecule has 0 amide bonds. The molecule has 0 aliphatic carbocycles. The molecule has 2 aromatic heterocycles. The first-order valence-corrected chi connectivity index (χ1v) is 7.93. The van der Waals surface area contributed by atoms with E-state index >= 15 is 0 Å². The second kappa shape index (κ2) is 5.92. The molecule has 0 saturated heterocycles. The Bertz CT molecular complexity index is 1060. The number of hydrogen-bond acceptors (Lipinski definition) is 1. The summed E-state index contributed by atoms with van der Waals surface area (Å²) in [6, 6.07) is 21.1. The van der Waals surface area contributed by atoms with E-state index in [-0.39, 0.29) is 0 Å².